The number of ether oxygens (including phenoxy) is 1. The minimum atomic E-state index is -0.0118. The number of aliphatic hydroxyl groups is 1. The van der Waals surface area contributed by atoms with E-state index in [9.17, 15) is 5.11 Å². The van der Waals surface area contributed by atoms with E-state index in [4.69, 9.17) is 10.5 Å². The highest BCUT2D eigenvalue weighted by molar-refractivity contribution is 5.91. The van der Waals surface area contributed by atoms with Crippen LogP contribution in [0.25, 0.3) is 5.57 Å². The second-order valence-corrected chi connectivity index (χ2v) is 3.58. The molecule has 1 aliphatic heterocycles. The number of hydrogen-bond donors (Lipinski definition) is 2. The molecule has 0 atom stereocenters. The van der Waals surface area contributed by atoms with Crippen molar-refractivity contribution in [2.24, 2.45) is 10.7 Å². The maximum absolute atomic E-state index is 9.28. The Morgan fingerprint density at radius 3 is 3.00 bits per heavy atom. The fraction of sp³-hybridized carbons (Fsp3) is 0.250. The van der Waals surface area contributed by atoms with Crippen molar-refractivity contribution in [1.29, 1.82) is 0 Å². The Balaban J connectivity index is 2.56. The van der Waals surface area contributed by atoms with Crippen molar-refractivity contribution in [3.63, 3.8) is 0 Å². The summed E-state index contributed by atoms with van der Waals surface area (Å²) in [5.74, 6) is 1.27. The molecule has 3 N–H and O–H groups in total. The summed E-state index contributed by atoms with van der Waals surface area (Å²) in [7, 11) is 1.61. The summed E-state index contributed by atoms with van der Waals surface area (Å²) in [4.78, 5) is 4.30. The minimum absolute atomic E-state index is 0.0118. The van der Waals surface area contributed by atoms with Crippen LogP contribution in [0, 0.1) is 0 Å². The standard InChI is InChI=1S/C12H14N2O2/c1-16-9-3-4-10-8(7-15)2-5-12(13)14-11(10)6-9/h2-4,6,15H,5,7H2,1H3,(H2,13,14). The Bertz CT molecular complexity index is 464. The molecule has 0 amide bonds. The van der Waals surface area contributed by atoms with Crippen LogP contribution in [0.1, 0.15) is 12.0 Å². The largest absolute Gasteiger partial charge is 0.497 e. The van der Waals surface area contributed by atoms with Gasteiger partial charge in [-0.2, -0.15) is 0 Å². The van der Waals surface area contributed by atoms with Gasteiger partial charge < -0.3 is 15.6 Å². The molecule has 0 spiro atoms. The first-order chi connectivity index (χ1) is 7.74. The summed E-state index contributed by atoms with van der Waals surface area (Å²) in [5, 5.41) is 9.28. The van der Waals surface area contributed by atoms with Gasteiger partial charge in [-0.05, 0) is 17.7 Å². The normalized spacial score (nSPS) is 14.6. The van der Waals surface area contributed by atoms with Gasteiger partial charge in [-0.15, -0.1) is 0 Å². The highest BCUT2D eigenvalue weighted by Gasteiger charge is 2.11. The smallest absolute Gasteiger partial charge is 0.121 e. The first-order valence-electron chi connectivity index (χ1n) is 5.06. The van der Waals surface area contributed by atoms with E-state index < -0.39 is 0 Å². The van der Waals surface area contributed by atoms with Gasteiger partial charge >= 0.3 is 0 Å². The topological polar surface area (TPSA) is 67.8 Å². The molecule has 1 aromatic carbocycles. The van der Waals surface area contributed by atoms with Crippen LogP contribution in [0.5, 0.6) is 5.75 Å². The maximum Gasteiger partial charge on any atom is 0.121 e. The summed E-state index contributed by atoms with van der Waals surface area (Å²) < 4.78 is 5.13. The summed E-state index contributed by atoms with van der Waals surface area (Å²) in [5.41, 5.74) is 8.24. The third kappa shape index (κ3) is 1.92. The van der Waals surface area contributed by atoms with Crippen molar-refractivity contribution in [2.75, 3.05) is 13.7 Å². The number of methoxy groups -OCH3 is 1. The van der Waals surface area contributed by atoms with Crippen molar-refractivity contribution in [3.8, 4) is 5.75 Å². The number of aliphatic hydroxyl groups excluding tert-OH is 1. The van der Waals surface area contributed by atoms with E-state index in [0.717, 1.165) is 22.6 Å². The second kappa shape index (κ2) is 4.37. The predicted octanol–water partition coefficient (Wildman–Crippen LogP) is 1.46. The predicted molar refractivity (Wildman–Crippen MR) is 64.0 cm³/mol. The van der Waals surface area contributed by atoms with Gasteiger partial charge in [-0.1, -0.05) is 6.08 Å². The number of nitrogens with zero attached hydrogens (tertiary/aromatic N) is 1. The van der Waals surface area contributed by atoms with E-state index in [1.807, 2.05) is 24.3 Å². The van der Waals surface area contributed by atoms with Crippen LogP contribution < -0.4 is 10.5 Å². The van der Waals surface area contributed by atoms with Crippen molar-refractivity contribution in [1.82, 2.24) is 0 Å². The lowest BCUT2D eigenvalue weighted by Crippen LogP contribution is -2.08. The molecular weight excluding hydrogens is 204 g/mol. The Hall–Kier alpha value is -1.81. The van der Waals surface area contributed by atoms with E-state index >= 15 is 0 Å². The Morgan fingerprint density at radius 2 is 2.31 bits per heavy atom. The molecule has 0 unspecified atom stereocenters. The van der Waals surface area contributed by atoms with Gasteiger partial charge in [0.15, 0.2) is 0 Å². The SMILES string of the molecule is COc1ccc2c(c1)N=C(N)CC=C2CO. The van der Waals surface area contributed by atoms with Crippen molar-refractivity contribution >= 4 is 17.1 Å². The van der Waals surface area contributed by atoms with Crippen LogP contribution in [0.15, 0.2) is 29.3 Å². The zero-order valence-corrected chi connectivity index (χ0v) is 9.10. The Kier molecular flexibility index (Phi) is 2.92. The van der Waals surface area contributed by atoms with E-state index in [-0.39, 0.29) is 6.61 Å². The van der Waals surface area contributed by atoms with Crippen LogP contribution in [0.4, 0.5) is 5.69 Å². The van der Waals surface area contributed by atoms with Crippen molar-refractivity contribution < 1.29 is 9.84 Å². The lowest BCUT2D eigenvalue weighted by molar-refractivity contribution is 0.350. The number of rotatable bonds is 2. The van der Waals surface area contributed by atoms with Gasteiger partial charge in [-0.25, -0.2) is 4.99 Å². The highest BCUT2D eigenvalue weighted by Crippen LogP contribution is 2.32. The molecule has 0 bridgehead atoms. The number of fused-ring (bicyclic) bond motifs is 1. The van der Waals surface area contributed by atoms with Gasteiger partial charge in [0.1, 0.15) is 11.6 Å². The Morgan fingerprint density at radius 1 is 1.50 bits per heavy atom. The molecule has 4 nitrogen and oxygen atoms in total. The zero-order chi connectivity index (χ0) is 11.5. The molecule has 0 aromatic heterocycles. The molecule has 4 heteroatoms. The summed E-state index contributed by atoms with van der Waals surface area (Å²) in [6.07, 6.45) is 2.46. The molecule has 0 aliphatic carbocycles. The van der Waals surface area contributed by atoms with Crippen LogP contribution in [0.3, 0.4) is 0 Å². The van der Waals surface area contributed by atoms with Gasteiger partial charge in [0.2, 0.25) is 0 Å². The molecule has 0 fully saturated rings. The second-order valence-electron chi connectivity index (χ2n) is 3.58. The van der Waals surface area contributed by atoms with Crippen molar-refractivity contribution in [2.45, 2.75) is 6.42 Å². The highest BCUT2D eigenvalue weighted by atomic mass is 16.5. The molecule has 0 radical (unpaired) electrons. The average Bonchev–Trinajstić information content (AvgIpc) is 2.46. The quantitative estimate of drug-likeness (QED) is 0.789. The van der Waals surface area contributed by atoms with Gasteiger partial charge in [0.25, 0.3) is 0 Å². The van der Waals surface area contributed by atoms with Crippen molar-refractivity contribution in [3.05, 3.63) is 29.8 Å². The molecular formula is C12H14N2O2. The van der Waals surface area contributed by atoms with Gasteiger partial charge in [0, 0.05) is 18.1 Å². The molecule has 0 saturated heterocycles. The molecule has 1 aromatic rings. The first-order valence-corrected chi connectivity index (χ1v) is 5.06. The van der Waals surface area contributed by atoms with E-state index in [0.29, 0.717) is 12.3 Å². The lowest BCUT2D eigenvalue weighted by atomic mass is 10.0. The summed E-state index contributed by atoms with van der Waals surface area (Å²) in [6, 6.07) is 5.55. The van der Waals surface area contributed by atoms with Crippen LogP contribution in [-0.4, -0.2) is 24.7 Å². The third-order valence-corrected chi connectivity index (χ3v) is 2.54. The molecule has 1 heterocycles. The molecule has 1 aliphatic rings. The van der Waals surface area contributed by atoms with Crippen LogP contribution in [0.2, 0.25) is 0 Å². The monoisotopic (exact) mass is 218 g/mol. The number of aliphatic imine (C=N–C) groups is 1. The summed E-state index contributed by atoms with van der Waals surface area (Å²) in [6.45, 7) is -0.0118. The number of hydrogen-bond acceptors (Lipinski definition) is 4. The summed E-state index contributed by atoms with van der Waals surface area (Å²) >= 11 is 0. The fourth-order valence-electron chi connectivity index (χ4n) is 1.69. The van der Waals surface area contributed by atoms with E-state index in [1.165, 1.54) is 0 Å². The Labute approximate surface area is 94.1 Å². The number of benzene rings is 1. The molecule has 0 saturated carbocycles. The molecule has 84 valence electrons. The molecule has 2 rings (SSSR count). The maximum atomic E-state index is 9.28. The van der Waals surface area contributed by atoms with Crippen LogP contribution >= 0.6 is 0 Å². The third-order valence-electron chi connectivity index (χ3n) is 2.54. The first kappa shape index (κ1) is 10.7. The van der Waals surface area contributed by atoms with E-state index in [1.54, 1.807) is 7.11 Å². The van der Waals surface area contributed by atoms with Crippen LogP contribution in [-0.2, 0) is 0 Å². The number of nitrogens with two attached hydrogens (primary N) is 1. The minimum Gasteiger partial charge on any atom is -0.497 e. The number of amidine groups is 1. The van der Waals surface area contributed by atoms with Gasteiger partial charge in [-0.3, -0.25) is 0 Å². The average molecular weight is 218 g/mol. The fourth-order valence-corrected chi connectivity index (χ4v) is 1.69. The lowest BCUT2D eigenvalue weighted by Gasteiger charge is -2.08. The van der Waals surface area contributed by atoms with E-state index in [2.05, 4.69) is 4.99 Å². The zero-order valence-electron chi connectivity index (χ0n) is 9.10. The molecule has 16 heavy (non-hydrogen) atoms. The van der Waals surface area contributed by atoms with Gasteiger partial charge in [0.05, 0.1) is 19.4 Å².